The molecule has 0 radical (unpaired) electrons. The molecular formula is C12H15BrClN. The van der Waals surface area contributed by atoms with Crippen molar-refractivity contribution in [3.05, 3.63) is 33.3 Å². The van der Waals surface area contributed by atoms with Gasteiger partial charge in [-0.05, 0) is 41.5 Å². The molecule has 0 aliphatic heterocycles. The van der Waals surface area contributed by atoms with Crippen LogP contribution in [0.3, 0.4) is 0 Å². The third-order valence-corrected chi connectivity index (χ3v) is 4.42. The Morgan fingerprint density at radius 2 is 2.13 bits per heavy atom. The van der Waals surface area contributed by atoms with Gasteiger partial charge in [-0.2, -0.15) is 0 Å². The Morgan fingerprint density at radius 1 is 1.47 bits per heavy atom. The molecule has 2 N–H and O–H groups in total. The molecule has 1 nitrogen and oxygen atoms in total. The van der Waals surface area contributed by atoms with Gasteiger partial charge in [-0.1, -0.05) is 47.4 Å². The number of hydrogen-bond donors (Lipinski definition) is 1. The predicted molar refractivity (Wildman–Crippen MR) is 68.2 cm³/mol. The molecular weight excluding hydrogens is 273 g/mol. The van der Waals surface area contributed by atoms with Gasteiger partial charge in [0.25, 0.3) is 0 Å². The Labute approximate surface area is 104 Å². The average Bonchev–Trinajstić information content (AvgIpc) is 2.68. The molecule has 1 aromatic carbocycles. The lowest BCUT2D eigenvalue weighted by Crippen LogP contribution is -2.05. The second-order valence-electron chi connectivity index (χ2n) is 4.81. The summed E-state index contributed by atoms with van der Waals surface area (Å²) in [5.41, 5.74) is 7.30. The molecule has 0 amide bonds. The van der Waals surface area contributed by atoms with E-state index in [4.69, 9.17) is 17.3 Å². The number of benzene rings is 1. The van der Waals surface area contributed by atoms with Gasteiger partial charge < -0.3 is 5.73 Å². The van der Waals surface area contributed by atoms with E-state index in [2.05, 4.69) is 35.8 Å². The fraction of sp³-hybridized carbons (Fsp3) is 0.500. The molecule has 3 heteroatoms. The molecule has 0 bridgehead atoms. The van der Waals surface area contributed by atoms with E-state index in [1.807, 2.05) is 12.1 Å². The lowest BCUT2D eigenvalue weighted by Gasteiger charge is -2.06. The summed E-state index contributed by atoms with van der Waals surface area (Å²) >= 11 is 9.66. The van der Waals surface area contributed by atoms with Crippen molar-refractivity contribution in [1.29, 1.82) is 0 Å². The first-order valence-electron chi connectivity index (χ1n) is 5.13. The summed E-state index contributed by atoms with van der Waals surface area (Å²) in [4.78, 5) is 0. The Kier molecular flexibility index (Phi) is 2.87. The quantitative estimate of drug-likeness (QED) is 0.880. The maximum absolute atomic E-state index is 6.24. The normalized spacial score (nSPS) is 27.8. The minimum Gasteiger partial charge on any atom is -0.330 e. The zero-order valence-corrected chi connectivity index (χ0v) is 11.3. The van der Waals surface area contributed by atoms with Crippen molar-refractivity contribution in [1.82, 2.24) is 0 Å². The fourth-order valence-corrected chi connectivity index (χ4v) is 3.35. The highest BCUT2D eigenvalue weighted by Crippen LogP contribution is 2.64. The van der Waals surface area contributed by atoms with Crippen LogP contribution in [0.5, 0.6) is 0 Å². The van der Waals surface area contributed by atoms with Crippen molar-refractivity contribution in [2.75, 3.05) is 6.54 Å². The van der Waals surface area contributed by atoms with Crippen molar-refractivity contribution in [3.63, 3.8) is 0 Å². The summed E-state index contributed by atoms with van der Waals surface area (Å²) in [5.74, 6) is 1.08. The third-order valence-electron chi connectivity index (χ3n) is 3.60. The predicted octanol–water partition coefficient (Wildman–Crippen LogP) is 3.80. The van der Waals surface area contributed by atoms with Gasteiger partial charge >= 0.3 is 0 Å². The van der Waals surface area contributed by atoms with Crippen LogP contribution in [0.15, 0.2) is 22.7 Å². The summed E-state index contributed by atoms with van der Waals surface area (Å²) in [6.07, 6.45) is 0. The van der Waals surface area contributed by atoms with Gasteiger partial charge in [-0.3, -0.25) is 0 Å². The van der Waals surface area contributed by atoms with Crippen LogP contribution >= 0.6 is 27.5 Å². The zero-order valence-electron chi connectivity index (χ0n) is 8.93. The average molecular weight is 289 g/mol. The van der Waals surface area contributed by atoms with E-state index in [9.17, 15) is 0 Å². The van der Waals surface area contributed by atoms with Gasteiger partial charge in [-0.25, -0.2) is 0 Å². The van der Waals surface area contributed by atoms with Gasteiger partial charge in [0.1, 0.15) is 0 Å². The van der Waals surface area contributed by atoms with Crippen LogP contribution in [0, 0.1) is 11.3 Å². The number of halogens is 2. The highest BCUT2D eigenvalue weighted by atomic mass is 79.9. The van der Waals surface area contributed by atoms with Crippen molar-refractivity contribution in [2.45, 2.75) is 19.8 Å². The molecule has 0 spiro atoms. The number of hydrogen-bond acceptors (Lipinski definition) is 1. The van der Waals surface area contributed by atoms with E-state index >= 15 is 0 Å². The molecule has 1 saturated carbocycles. The molecule has 82 valence electrons. The molecule has 1 aliphatic rings. The minimum absolute atomic E-state index is 0.298. The van der Waals surface area contributed by atoms with Crippen LogP contribution in [0.1, 0.15) is 25.3 Å². The molecule has 1 aliphatic carbocycles. The van der Waals surface area contributed by atoms with Gasteiger partial charge in [-0.15, -0.1) is 0 Å². The highest BCUT2D eigenvalue weighted by molar-refractivity contribution is 9.10. The van der Waals surface area contributed by atoms with Crippen molar-refractivity contribution in [2.24, 2.45) is 17.1 Å². The number of rotatable bonds is 2. The molecule has 1 fully saturated rings. The molecule has 2 rings (SSSR count). The Balaban J connectivity index is 2.33. The lowest BCUT2D eigenvalue weighted by molar-refractivity contribution is 0.558. The Morgan fingerprint density at radius 3 is 2.60 bits per heavy atom. The minimum atomic E-state index is 0.298. The molecule has 1 aromatic rings. The van der Waals surface area contributed by atoms with Crippen LogP contribution in [0.25, 0.3) is 0 Å². The van der Waals surface area contributed by atoms with Crippen LogP contribution in [0.2, 0.25) is 5.02 Å². The summed E-state index contributed by atoms with van der Waals surface area (Å²) < 4.78 is 1.03. The van der Waals surface area contributed by atoms with Crippen LogP contribution in [-0.4, -0.2) is 6.54 Å². The Hall–Kier alpha value is -0.0500. The van der Waals surface area contributed by atoms with Gasteiger partial charge in [0.05, 0.1) is 0 Å². The second kappa shape index (κ2) is 3.76. The van der Waals surface area contributed by atoms with Crippen LogP contribution < -0.4 is 5.73 Å². The molecule has 15 heavy (non-hydrogen) atoms. The van der Waals surface area contributed by atoms with E-state index in [1.54, 1.807) is 0 Å². The molecule has 0 heterocycles. The first-order chi connectivity index (χ1) is 6.98. The maximum Gasteiger partial charge on any atom is 0.0452 e. The molecule has 0 unspecified atom stereocenters. The van der Waals surface area contributed by atoms with Crippen molar-refractivity contribution in [3.8, 4) is 0 Å². The third kappa shape index (κ3) is 1.83. The highest BCUT2D eigenvalue weighted by Gasteiger charge is 2.57. The van der Waals surface area contributed by atoms with E-state index in [0.29, 0.717) is 17.3 Å². The first-order valence-corrected chi connectivity index (χ1v) is 6.30. The van der Waals surface area contributed by atoms with Crippen molar-refractivity contribution < 1.29 is 0 Å². The molecule has 0 aromatic heterocycles. The Bertz CT molecular complexity index is 389. The van der Waals surface area contributed by atoms with Crippen molar-refractivity contribution >= 4 is 27.5 Å². The molecule has 2 atom stereocenters. The summed E-state index contributed by atoms with van der Waals surface area (Å²) in [7, 11) is 0. The largest absolute Gasteiger partial charge is 0.330 e. The number of nitrogens with two attached hydrogens (primary N) is 1. The van der Waals surface area contributed by atoms with Gasteiger partial charge in [0, 0.05) is 9.50 Å². The van der Waals surface area contributed by atoms with E-state index in [1.165, 1.54) is 5.56 Å². The van der Waals surface area contributed by atoms with E-state index in [-0.39, 0.29) is 0 Å². The second-order valence-corrected chi connectivity index (χ2v) is 6.13. The topological polar surface area (TPSA) is 26.0 Å². The monoisotopic (exact) mass is 287 g/mol. The summed E-state index contributed by atoms with van der Waals surface area (Å²) in [5, 5.41) is 0.846. The van der Waals surface area contributed by atoms with Crippen LogP contribution in [-0.2, 0) is 0 Å². The fourth-order valence-electron chi connectivity index (χ4n) is 2.56. The maximum atomic E-state index is 6.24. The molecule has 0 saturated heterocycles. The lowest BCUT2D eigenvalue weighted by atomic mass is 10.0. The smallest absolute Gasteiger partial charge is 0.0452 e. The van der Waals surface area contributed by atoms with E-state index in [0.717, 1.165) is 16.0 Å². The van der Waals surface area contributed by atoms with Crippen LogP contribution in [0.4, 0.5) is 0 Å². The van der Waals surface area contributed by atoms with E-state index < -0.39 is 0 Å². The first kappa shape index (κ1) is 11.4. The SMILES string of the molecule is CC1(C)[C@@H](CN)[C@@H]1c1ccc(Br)cc1Cl. The summed E-state index contributed by atoms with van der Waals surface area (Å²) in [6, 6.07) is 6.11. The summed E-state index contributed by atoms with van der Waals surface area (Å²) in [6.45, 7) is 5.26. The standard InChI is InChI=1S/C12H15BrClN/c1-12(2)9(6-15)11(12)8-4-3-7(13)5-10(8)14/h3-5,9,11H,6,15H2,1-2H3/t9-,11-/m0/s1. The zero-order chi connectivity index (χ0) is 11.2. The van der Waals surface area contributed by atoms with Gasteiger partial charge in [0.15, 0.2) is 0 Å². The van der Waals surface area contributed by atoms with Gasteiger partial charge in [0.2, 0.25) is 0 Å².